The van der Waals surface area contributed by atoms with E-state index in [2.05, 4.69) is 6.07 Å². The number of nitrogens with zero attached hydrogens (tertiary/aromatic N) is 1. The Kier molecular flexibility index (Phi) is 2.78. The van der Waals surface area contributed by atoms with Crippen molar-refractivity contribution >= 4 is 5.78 Å². The lowest BCUT2D eigenvalue weighted by Gasteiger charge is -2.11. The van der Waals surface area contributed by atoms with E-state index in [0.717, 1.165) is 29.5 Å². The molecule has 1 aliphatic rings. The third-order valence-electron chi connectivity index (χ3n) is 3.13. The minimum absolute atomic E-state index is 0.106. The van der Waals surface area contributed by atoms with E-state index in [9.17, 15) is 4.79 Å². The van der Waals surface area contributed by atoms with E-state index >= 15 is 0 Å². The fourth-order valence-corrected chi connectivity index (χ4v) is 2.04. The predicted molar refractivity (Wildman–Crippen MR) is 62.0 cm³/mol. The first kappa shape index (κ1) is 10.9. The van der Waals surface area contributed by atoms with Crippen LogP contribution >= 0.6 is 0 Å². The van der Waals surface area contributed by atoms with Crippen molar-refractivity contribution in [2.75, 3.05) is 0 Å². The summed E-state index contributed by atoms with van der Waals surface area (Å²) in [5.74, 6) is -0.312. The van der Waals surface area contributed by atoms with E-state index in [4.69, 9.17) is 5.26 Å². The van der Waals surface area contributed by atoms with Crippen LogP contribution in [-0.4, -0.2) is 5.78 Å². The Hall–Kier alpha value is -1.62. The fraction of sp³-hybridized carbons (Fsp3) is 0.429. The highest BCUT2D eigenvalue weighted by Crippen LogP contribution is 2.36. The summed E-state index contributed by atoms with van der Waals surface area (Å²) in [6.45, 7) is 3.98. The standard InChI is InChI=1S/C14H15NO/c1-9-3-6-12(10(2)7-9)13(8-15)14(16)11-4-5-11/h3,6-7,11,13H,4-5H2,1-2H3. The molecule has 0 bridgehead atoms. The zero-order valence-corrected chi connectivity index (χ0v) is 9.66. The largest absolute Gasteiger partial charge is 0.298 e. The van der Waals surface area contributed by atoms with Crippen LogP contribution < -0.4 is 0 Å². The van der Waals surface area contributed by atoms with Crippen LogP contribution in [0.2, 0.25) is 0 Å². The monoisotopic (exact) mass is 213 g/mol. The molecule has 1 aromatic rings. The lowest BCUT2D eigenvalue weighted by Crippen LogP contribution is -2.13. The van der Waals surface area contributed by atoms with Gasteiger partial charge in [0.2, 0.25) is 0 Å². The topological polar surface area (TPSA) is 40.9 Å². The van der Waals surface area contributed by atoms with E-state index in [1.807, 2.05) is 32.0 Å². The van der Waals surface area contributed by atoms with Crippen LogP contribution in [0.1, 0.15) is 35.4 Å². The quantitative estimate of drug-likeness (QED) is 0.774. The van der Waals surface area contributed by atoms with Crippen LogP contribution in [-0.2, 0) is 4.79 Å². The van der Waals surface area contributed by atoms with Gasteiger partial charge in [0.05, 0.1) is 6.07 Å². The summed E-state index contributed by atoms with van der Waals surface area (Å²) in [5.41, 5.74) is 3.09. The molecule has 0 N–H and O–H groups in total. The van der Waals surface area contributed by atoms with Crippen LogP contribution in [0.25, 0.3) is 0 Å². The van der Waals surface area contributed by atoms with E-state index in [0.29, 0.717) is 0 Å². The van der Waals surface area contributed by atoms with Crippen LogP contribution in [0.4, 0.5) is 0 Å². The average molecular weight is 213 g/mol. The first-order chi connectivity index (χ1) is 7.63. The zero-order valence-electron chi connectivity index (χ0n) is 9.66. The fourth-order valence-electron chi connectivity index (χ4n) is 2.04. The SMILES string of the molecule is Cc1ccc(C(C#N)C(=O)C2CC2)c(C)c1. The van der Waals surface area contributed by atoms with Crippen molar-refractivity contribution in [3.05, 3.63) is 34.9 Å². The summed E-state index contributed by atoms with van der Waals surface area (Å²) in [4.78, 5) is 12.0. The second-order valence-electron chi connectivity index (χ2n) is 4.60. The third kappa shape index (κ3) is 1.99. The highest BCUT2D eigenvalue weighted by molar-refractivity contribution is 5.92. The summed E-state index contributed by atoms with van der Waals surface area (Å²) in [7, 11) is 0. The number of aryl methyl sites for hydroxylation is 2. The maximum atomic E-state index is 12.0. The Morgan fingerprint density at radius 2 is 2.12 bits per heavy atom. The Balaban J connectivity index is 2.33. The maximum Gasteiger partial charge on any atom is 0.157 e. The third-order valence-corrected chi connectivity index (χ3v) is 3.13. The van der Waals surface area contributed by atoms with Crippen molar-refractivity contribution in [1.82, 2.24) is 0 Å². The second-order valence-corrected chi connectivity index (χ2v) is 4.60. The van der Waals surface area contributed by atoms with Crippen molar-refractivity contribution < 1.29 is 4.79 Å². The molecule has 0 spiro atoms. The van der Waals surface area contributed by atoms with Crippen molar-refractivity contribution in [3.8, 4) is 6.07 Å². The lowest BCUT2D eigenvalue weighted by molar-refractivity contribution is -0.120. The Morgan fingerprint density at radius 1 is 1.44 bits per heavy atom. The minimum Gasteiger partial charge on any atom is -0.298 e. The van der Waals surface area contributed by atoms with Gasteiger partial charge >= 0.3 is 0 Å². The molecule has 0 radical (unpaired) electrons. The van der Waals surface area contributed by atoms with E-state index in [1.165, 1.54) is 0 Å². The number of hydrogen-bond acceptors (Lipinski definition) is 2. The number of rotatable bonds is 3. The average Bonchev–Trinajstić information content (AvgIpc) is 3.05. The molecular weight excluding hydrogens is 198 g/mol. The lowest BCUT2D eigenvalue weighted by atomic mass is 9.89. The summed E-state index contributed by atoms with van der Waals surface area (Å²) < 4.78 is 0. The van der Waals surface area contributed by atoms with Crippen molar-refractivity contribution in [2.45, 2.75) is 32.6 Å². The van der Waals surface area contributed by atoms with E-state index in [1.54, 1.807) is 0 Å². The van der Waals surface area contributed by atoms with Gasteiger partial charge in [0.1, 0.15) is 5.92 Å². The van der Waals surface area contributed by atoms with Crippen molar-refractivity contribution in [2.24, 2.45) is 5.92 Å². The molecular formula is C14H15NO. The first-order valence-corrected chi connectivity index (χ1v) is 5.64. The smallest absolute Gasteiger partial charge is 0.157 e. The van der Waals surface area contributed by atoms with Gasteiger partial charge in [0, 0.05) is 5.92 Å². The molecule has 0 aliphatic heterocycles. The van der Waals surface area contributed by atoms with Crippen molar-refractivity contribution in [1.29, 1.82) is 5.26 Å². The second kappa shape index (κ2) is 4.09. The summed E-state index contributed by atoms with van der Waals surface area (Å²) in [6, 6.07) is 8.06. The molecule has 1 saturated carbocycles. The molecule has 1 unspecified atom stereocenters. The van der Waals surface area contributed by atoms with Crippen LogP contribution in [0, 0.1) is 31.1 Å². The number of carbonyl (C=O) groups is 1. The molecule has 0 aromatic heterocycles. The molecule has 0 saturated heterocycles. The molecule has 82 valence electrons. The number of nitriles is 1. The summed E-state index contributed by atoms with van der Waals surface area (Å²) in [5, 5.41) is 9.15. The van der Waals surface area contributed by atoms with Gasteiger partial charge in [-0.25, -0.2) is 0 Å². The Labute approximate surface area is 95.9 Å². The van der Waals surface area contributed by atoms with Gasteiger partial charge in [-0.15, -0.1) is 0 Å². The highest BCUT2D eigenvalue weighted by atomic mass is 16.1. The molecule has 16 heavy (non-hydrogen) atoms. The number of carbonyl (C=O) groups excluding carboxylic acids is 1. The highest BCUT2D eigenvalue weighted by Gasteiger charge is 2.35. The molecule has 2 rings (SSSR count). The summed E-state index contributed by atoms with van der Waals surface area (Å²) >= 11 is 0. The number of ketones is 1. The van der Waals surface area contributed by atoms with Gasteiger partial charge in [-0.3, -0.25) is 4.79 Å². The molecule has 1 aliphatic carbocycles. The number of benzene rings is 1. The van der Waals surface area contributed by atoms with Gasteiger partial charge in [0.15, 0.2) is 5.78 Å². The molecule has 1 aromatic carbocycles. The number of hydrogen-bond donors (Lipinski definition) is 0. The van der Waals surface area contributed by atoms with E-state index in [-0.39, 0.29) is 11.7 Å². The maximum absolute atomic E-state index is 12.0. The minimum atomic E-state index is -0.562. The normalized spacial score (nSPS) is 16.6. The Bertz CT molecular complexity index is 466. The Morgan fingerprint density at radius 3 is 2.62 bits per heavy atom. The van der Waals surface area contributed by atoms with E-state index < -0.39 is 5.92 Å². The van der Waals surface area contributed by atoms with Crippen molar-refractivity contribution in [3.63, 3.8) is 0 Å². The summed E-state index contributed by atoms with van der Waals surface area (Å²) in [6.07, 6.45) is 1.92. The molecule has 0 heterocycles. The van der Waals surface area contributed by atoms with Gasteiger partial charge in [0.25, 0.3) is 0 Å². The van der Waals surface area contributed by atoms with Gasteiger partial charge < -0.3 is 0 Å². The number of Topliss-reactive ketones (excluding diaryl/α,β-unsaturated/α-hetero) is 1. The first-order valence-electron chi connectivity index (χ1n) is 5.64. The van der Waals surface area contributed by atoms with Gasteiger partial charge in [-0.2, -0.15) is 5.26 Å². The molecule has 0 amide bonds. The molecule has 1 atom stereocenters. The van der Waals surface area contributed by atoms with Gasteiger partial charge in [-0.1, -0.05) is 23.8 Å². The van der Waals surface area contributed by atoms with Gasteiger partial charge in [-0.05, 0) is 37.8 Å². The van der Waals surface area contributed by atoms with Crippen LogP contribution in [0.5, 0.6) is 0 Å². The van der Waals surface area contributed by atoms with Crippen LogP contribution in [0.15, 0.2) is 18.2 Å². The molecule has 2 nitrogen and oxygen atoms in total. The zero-order chi connectivity index (χ0) is 11.7. The molecule has 1 fully saturated rings. The predicted octanol–water partition coefficient (Wildman–Crippen LogP) is 2.89. The van der Waals surface area contributed by atoms with Crippen LogP contribution in [0.3, 0.4) is 0 Å². The molecule has 2 heteroatoms.